The van der Waals surface area contributed by atoms with Crippen LogP contribution in [0.5, 0.6) is 0 Å². The summed E-state index contributed by atoms with van der Waals surface area (Å²) >= 11 is 1.90. The molecule has 4 heteroatoms. The Balaban J connectivity index is 1.70. The number of carbonyl (C=O) groups is 1. The number of hydrogen-bond acceptors (Lipinski definition) is 3. The molecule has 27 heavy (non-hydrogen) atoms. The van der Waals surface area contributed by atoms with E-state index < -0.39 is 0 Å². The number of pyridine rings is 1. The van der Waals surface area contributed by atoms with Gasteiger partial charge < -0.3 is 4.57 Å². The normalized spacial score (nSPS) is 19.3. The number of Topliss-reactive ketones (excluding diaryl/α,β-unsaturated/α-hetero) is 1. The molecule has 1 unspecified atom stereocenters. The molecule has 2 aliphatic carbocycles. The highest BCUT2D eigenvalue weighted by Crippen LogP contribution is 2.42. The van der Waals surface area contributed by atoms with Crippen LogP contribution in [-0.4, -0.2) is 10.4 Å². The van der Waals surface area contributed by atoms with Crippen LogP contribution >= 0.6 is 11.3 Å². The Morgan fingerprint density at radius 2 is 2.00 bits per heavy atom. The standard InChI is InChI=1S/C23H23NO2S/c1-13-4-3-5-21-18(13)11-22(27-21)15-6-9-17-20(10-15)24(16-7-8-16)12-19(14(2)25)23(17)26/h6,9-13,16H,3-5,7-8H2,1-2H3. The second-order valence-electron chi connectivity index (χ2n) is 8.08. The van der Waals surface area contributed by atoms with E-state index in [0.29, 0.717) is 22.9 Å². The van der Waals surface area contributed by atoms with E-state index in [1.54, 1.807) is 6.20 Å². The van der Waals surface area contributed by atoms with Gasteiger partial charge in [0.05, 0.1) is 11.1 Å². The number of thiophene rings is 1. The summed E-state index contributed by atoms with van der Waals surface area (Å²) in [5.74, 6) is 0.488. The molecule has 1 aromatic carbocycles. The second kappa shape index (κ2) is 6.16. The van der Waals surface area contributed by atoms with Crippen molar-refractivity contribution in [3.8, 4) is 10.4 Å². The average molecular weight is 378 g/mol. The predicted octanol–water partition coefficient (Wildman–Crippen LogP) is 5.71. The Morgan fingerprint density at radius 1 is 1.19 bits per heavy atom. The first kappa shape index (κ1) is 16.9. The first-order valence-electron chi connectivity index (χ1n) is 9.85. The lowest BCUT2D eigenvalue weighted by Crippen LogP contribution is -2.17. The van der Waals surface area contributed by atoms with Crippen molar-refractivity contribution in [2.75, 3.05) is 0 Å². The van der Waals surface area contributed by atoms with E-state index in [-0.39, 0.29) is 11.2 Å². The third-order valence-corrected chi connectivity index (χ3v) is 7.31. The molecule has 1 saturated carbocycles. The van der Waals surface area contributed by atoms with Crippen molar-refractivity contribution in [1.29, 1.82) is 0 Å². The molecule has 2 aliphatic rings. The number of aromatic nitrogens is 1. The third kappa shape index (κ3) is 2.78. The van der Waals surface area contributed by atoms with Gasteiger partial charge in [0.25, 0.3) is 0 Å². The summed E-state index contributed by atoms with van der Waals surface area (Å²) in [6.07, 6.45) is 7.76. The van der Waals surface area contributed by atoms with Crippen LogP contribution in [0.3, 0.4) is 0 Å². The minimum atomic E-state index is -0.153. The summed E-state index contributed by atoms with van der Waals surface area (Å²) in [6, 6.07) is 8.89. The summed E-state index contributed by atoms with van der Waals surface area (Å²) < 4.78 is 2.16. The van der Waals surface area contributed by atoms with Gasteiger partial charge in [-0.2, -0.15) is 0 Å². The molecule has 1 fully saturated rings. The highest BCUT2D eigenvalue weighted by molar-refractivity contribution is 7.15. The Hall–Kier alpha value is -2.20. The third-order valence-electron chi connectivity index (χ3n) is 6.05. The summed E-state index contributed by atoms with van der Waals surface area (Å²) in [6.45, 7) is 3.80. The lowest BCUT2D eigenvalue weighted by Gasteiger charge is -2.17. The fourth-order valence-electron chi connectivity index (χ4n) is 4.33. The van der Waals surface area contributed by atoms with Crippen molar-refractivity contribution in [3.63, 3.8) is 0 Å². The zero-order chi connectivity index (χ0) is 18.7. The van der Waals surface area contributed by atoms with Crippen molar-refractivity contribution in [1.82, 2.24) is 4.57 Å². The van der Waals surface area contributed by atoms with Crippen LogP contribution in [0, 0.1) is 0 Å². The van der Waals surface area contributed by atoms with Gasteiger partial charge >= 0.3 is 0 Å². The molecule has 0 amide bonds. The van der Waals surface area contributed by atoms with Gasteiger partial charge in [0.2, 0.25) is 0 Å². The highest BCUT2D eigenvalue weighted by atomic mass is 32.1. The molecule has 3 aromatic rings. The Morgan fingerprint density at radius 3 is 2.70 bits per heavy atom. The molecular formula is C23H23NO2S. The molecule has 0 aliphatic heterocycles. The number of hydrogen-bond donors (Lipinski definition) is 0. The molecule has 3 nitrogen and oxygen atoms in total. The fraction of sp³-hybridized carbons (Fsp3) is 0.391. The topological polar surface area (TPSA) is 39.1 Å². The molecule has 2 heterocycles. The van der Waals surface area contributed by atoms with Gasteiger partial charge in [-0.3, -0.25) is 9.59 Å². The van der Waals surface area contributed by atoms with E-state index in [9.17, 15) is 9.59 Å². The molecule has 138 valence electrons. The van der Waals surface area contributed by atoms with Gasteiger partial charge in [-0.05, 0) is 74.3 Å². The minimum absolute atomic E-state index is 0.139. The van der Waals surface area contributed by atoms with Crippen LogP contribution in [0.2, 0.25) is 0 Å². The largest absolute Gasteiger partial charge is 0.343 e. The summed E-state index contributed by atoms with van der Waals surface area (Å²) in [4.78, 5) is 27.5. The zero-order valence-electron chi connectivity index (χ0n) is 15.7. The van der Waals surface area contributed by atoms with E-state index in [4.69, 9.17) is 0 Å². The molecule has 2 aromatic heterocycles. The predicted molar refractivity (Wildman–Crippen MR) is 111 cm³/mol. The summed E-state index contributed by atoms with van der Waals surface area (Å²) in [5.41, 5.74) is 3.82. The number of ketones is 1. The number of fused-ring (bicyclic) bond motifs is 2. The molecule has 5 rings (SSSR count). The maximum Gasteiger partial charge on any atom is 0.200 e. The fourth-order valence-corrected chi connectivity index (χ4v) is 5.65. The lowest BCUT2D eigenvalue weighted by atomic mass is 9.89. The first-order chi connectivity index (χ1) is 13.0. The molecule has 0 N–H and O–H groups in total. The Kier molecular flexibility index (Phi) is 3.87. The van der Waals surface area contributed by atoms with E-state index in [1.807, 2.05) is 23.5 Å². The van der Waals surface area contributed by atoms with Crippen molar-refractivity contribution < 1.29 is 4.79 Å². The first-order valence-corrected chi connectivity index (χ1v) is 10.7. The van der Waals surface area contributed by atoms with Crippen molar-refractivity contribution in [2.24, 2.45) is 0 Å². The maximum atomic E-state index is 12.8. The number of nitrogens with zero attached hydrogens (tertiary/aromatic N) is 1. The van der Waals surface area contributed by atoms with Crippen LogP contribution < -0.4 is 5.43 Å². The van der Waals surface area contributed by atoms with Crippen molar-refractivity contribution in [3.05, 3.63) is 56.7 Å². The SMILES string of the molecule is CC(=O)c1cn(C2CC2)c2cc(-c3cc4c(s3)CCCC4C)ccc2c1=O. The Labute approximate surface area is 162 Å². The second-order valence-corrected chi connectivity index (χ2v) is 9.22. The van der Waals surface area contributed by atoms with Crippen LogP contribution in [-0.2, 0) is 6.42 Å². The van der Waals surface area contributed by atoms with Gasteiger partial charge in [0.1, 0.15) is 0 Å². The summed E-state index contributed by atoms with van der Waals surface area (Å²) in [5, 5.41) is 0.660. The minimum Gasteiger partial charge on any atom is -0.343 e. The molecule has 0 bridgehead atoms. The van der Waals surface area contributed by atoms with E-state index >= 15 is 0 Å². The Bertz CT molecular complexity index is 1130. The van der Waals surface area contributed by atoms with Gasteiger partial charge in [-0.25, -0.2) is 0 Å². The average Bonchev–Trinajstić information content (AvgIpc) is 3.39. The number of rotatable bonds is 3. The molecule has 0 spiro atoms. The van der Waals surface area contributed by atoms with Gasteiger partial charge in [-0.15, -0.1) is 11.3 Å². The molecule has 1 atom stereocenters. The maximum absolute atomic E-state index is 12.8. The summed E-state index contributed by atoms with van der Waals surface area (Å²) in [7, 11) is 0. The zero-order valence-corrected chi connectivity index (χ0v) is 16.6. The quantitative estimate of drug-likeness (QED) is 0.549. The number of aryl methyl sites for hydroxylation is 1. The number of benzene rings is 1. The van der Waals surface area contributed by atoms with Crippen LogP contribution in [0.25, 0.3) is 21.3 Å². The van der Waals surface area contributed by atoms with Gasteiger partial charge in [0.15, 0.2) is 11.2 Å². The van der Waals surface area contributed by atoms with Gasteiger partial charge in [-0.1, -0.05) is 13.0 Å². The van der Waals surface area contributed by atoms with Crippen LogP contribution in [0.15, 0.2) is 35.3 Å². The van der Waals surface area contributed by atoms with Crippen LogP contribution in [0.4, 0.5) is 0 Å². The van der Waals surface area contributed by atoms with Crippen LogP contribution in [0.1, 0.15) is 72.3 Å². The number of carbonyl (C=O) groups excluding carboxylic acids is 1. The molecule has 0 saturated heterocycles. The molecular weight excluding hydrogens is 354 g/mol. The monoisotopic (exact) mass is 377 g/mol. The smallest absolute Gasteiger partial charge is 0.200 e. The van der Waals surface area contributed by atoms with Crippen molar-refractivity contribution in [2.45, 2.75) is 57.9 Å². The van der Waals surface area contributed by atoms with Gasteiger partial charge in [0, 0.05) is 27.4 Å². The highest BCUT2D eigenvalue weighted by Gasteiger charge is 2.26. The molecule has 0 radical (unpaired) electrons. The van der Waals surface area contributed by atoms with E-state index in [1.165, 1.54) is 47.1 Å². The van der Waals surface area contributed by atoms with E-state index in [0.717, 1.165) is 18.4 Å². The van der Waals surface area contributed by atoms with E-state index in [2.05, 4.69) is 23.6 Å². The lowest BCUT2D eigenvalue weighted by molar-refractivity contribution is 0.101. The van der Waals surface area contributed by atoms with Crippen molar-refractivity contribution >= 4 is 28.0 Å².